The maximum atomic E-state index is 12.4. The van der Waals surface area contributed by atoms with E-state index in [1.807, 2.05) is 0 Å². The molecule has 0 unspecified atom stereocenters. The summed E-state index contributed by atoms with van der Waals surface area (Å²) in [6, 6.07) is 13.4. The number of alkyl halides is 2. The van der Waals surface area contributed by atoms with Crippen molar-refractivity contribution in [3.05, 3.63) is 65.2 Å². The minimum Gasteiger partial charge on any atom is -0.497 e. The molecule has 150 valence electrons. The van der Waals surface area contributed by atoms with Gasteiger partial charge in [0, 0.05) is 5.56 Å². The van der Waals surface area contributed by atoms with Crippen LogP contribution in [0.1, 0.15) is 22.8 Å². The molecule has 0 bridgehead atoms. The lowest BCUT2D eigenvalue weighted by atomic mass is 10.1. The van der Waals surface area contributed by atoms with Gasteiger partial charge in [0.05, 0.1) is 7.11 Å². The number of halogens is 2. The number of nitrogens with zero attached hydrogens (tertiary/aromatic N) is 1. The molecule has 0 N–H and O–H groups in total. The first-order chi connectivity index (χ1) is 13.8. The number of carbonyl (C=O) groups is 2. The highest BCUT2D eigenvalue weighted by Gasteiger charge is 2.22. The number of nitriles is 1. The van der Waals surface area contributed by atoms with Crippen LogP contribution in [0.2, 0.25) is 0 Å². The van der Waals surface area contributed by atoms with E-state index in [-0.39, 0.29) is 16.9 Å². The van der Waals surface area contributed by atoms with E-state index in [4.69, 9.17) is 9.47 Å². The van der Waals surface area contributed by atoms with Crippen LogP contribution in [-0.2, 0) is 9.53 Å². The highest BCUT2D eigenvalue weighted by molar-refractivity contribution is 6.03. The second kappa shape index (κ2) is 9.99. The molecule has 0 fully saturated rings. The number of hydrogen-bond donors (Lipinski definition) is 0. The number of ketones is 1. The molecule has 0 aliphatic rings. The number of carbonyl (C=O) groups excluding carboxylic acids is 2. The summed E-state index contributed by atoms with van der Waals surface area (Å²) in [5.74, 6) is -0.992. The average Bonchev–Trinajstić information content (AvgIpc) is 2.71. The zero-order valence-electron chi connectivity index (χ0n) is 15.6. The van der Waals surface area contributed by atoms with Gasteiger partial charge in [0.2, 0.25) is 5.78 Å². The number of rotatable bonds is 8. The second-order valence-corrected chi connectivity index (χ2v) is 5.76. The molecular weight excluding hydrogens is 384 g/mol. The van der Waals surface area contributed by atoms with Crippen molar-refractivity contribution >= 4 is 17.8 Å². The smallest absolute Gasteiger partial charge is 0.387 e. The van der Waals surface area contributed by atoms with Crippen LogP contribution in [0.25, 0.3) is 6.08 Å². The largest absolute Gasteiger partial charge is 0.497 e. The first-order valence-corrected chi connectivity index (χ1v) is 8.40. The van der Waals surface area contributed by atoms with Crippen molar-refractivity contribution in [1.82, 2.24) is 0 Å². The highest BCUT2D eigenvalue weighted by atomic mass is 19.3. The first kappa shape index (κ1) is 21.6. The van der Waals surface area contributed by atoms with E-state index in [1.54, 1.807) is 30.3 Å². The van der Waals surface area contributed by atoms with Crippen molar-refractivity contribution in [2.75, 3.05) is 7.11 Å². The lowest BCUT2D eigenvalue weighted by Gasteiger charge is -2.12. The number of ether oxygens (including phenoxy) is 3. The van der Waals surface area contributed by atoms with Gasteiger partial charge in [-0.3, -0.25) is 4.79 Å². The Morgan fingerprint density at radius 1 is 1.03 bits per heavy atom. The van der Waals surface area contributed by atoms with Gasteiger partial charge in [-0.1, -0.05) is 12.1 Å². The Bertz CT molecular complexity index is 931. The third kappa shape index (κ3) is 6.14. The van der Waals surface area contributed by atoms with Gasteiger partial charge < -0.3 is 14.2 Å². The van der Waals surface area contributed by atoms with Gasteiger partial charge in [-0.2, -0.15) is 14.0 Å². The second-order valence-electron chi connectivity index (χ2n) is 5.76. The van der Waals surface area contributed by atoms with Crippen LogP contribution in [0.5, 0.6) is 11.5 Å². The van der Waals surface area contributed by atoms with E-state index in [0.29, 0.717) is 11.3 Å². The molecule has 0 heterocycles. The molecule has 0 radical (unpaired) electrons. The number of methoxy groups -OCH3 is 1. The normalized spacial score (nSPS) is 12.1. The topological polar surface area (TPSA) is 85.6 Å². The standard InChI is InChI=1S/C21H17F2NO5/c1-13(19(25)15-5-9-18(10-6-15)29-21(22)23)28-20(26)16(12-24)11-14-3-7-17(27-2)8-4-14/h3-11,13,21H,1-2H3/b16-11+/t13-/m1/s1. The van der Waals surface area contributed by atoms with Gasteiger partial charge in [0.25, 0.3) is 0 Å². The van der Waals surface area contributed by atoms with Gasteiger partial charge in [-0.25, -0.2) is 4.79 Å². The predicted molar refractivity (Wildman–Crippen MR) is 99.5 cm³/mol. The minimum absolute atomic E-state index is 0.101. The summed E-state index contributed by atoms with van der Waals surface area (Å²) in [4.78, 5) is 24.6. The molecule has 2 aromatic rings. The lowest BCUT2D eigenvalue weighted by Crippen LogP contribution is -2.25. The van der Waals surface area contributed by atoms with Gasteiger partial charge >= 0.3 is 12.6 Å². The zero-order valence-corrected chi connectivity index (χ0v) is 15.6. The molecule has 0 saturated carbocycles. The van der Waals surface area contributed by atoms with Crippen molar-refractivity contribution in [2.45, 2.75) is 19.6 Å². The number of esters is 1. The van der Waals surface area contributed by atoms with E-state index in [2.05, 4.69) is 4.74 Å². The molecule has 0 spiro atoms. The summed E-state index contributed by atoms with van der Waals surface area (Å²) < 4.78 is 38.7. The van der Waals surface area contributed by atoms with Gasteiger partial charge in [0.1, 0.15) is 23.1 Å². The Morgan fingerprint density at radius 3 is 2.14 bits per heavy atom. The first-order valence-electron chi connectivity index (χ1n) is 8.40. The van der Waals surface area contributed by atoms with E-state index in [1.165, 1.54) is 44.4 Å². The van der Waals surface area contributed by atoms with Gasteiger partial charge in [-0.05, 0) is 55.0 Å². The van der Waals surface area contributed by atoms with Crippen LogP contribution in [0.4, 0.5) is 8.78 Å². The fraction of sp³-hybridized carbons (Fsp3) is 0.190. The third-order valence-corrected chi connectivity index (χ3v) is 3.78. The zero-order chi connectivity index (χ0) is 21.4. The molecule has 0 aliphatic carbocycles. The Balaban J connectivity index is 2.06. The third-order valence-electron chi connectivity index (χ3n) is 3.78. The fourth-order valence-electron chi connectivity index (χ4n) is 2.32. The van der Waals surface area contributed by atoms with Crippen LogP contribution in [-0.4, -0.2) is 31.6 Å². The predicted octanol–water partition coefficient (Wildman–Crippen LogP) is 4.02. The molecule has 0 aliphatic heterocycles. The van der Waals surface area contributed by atoms with Crippen molar-refractivity contribution in [1.29, 1.82) is 5.26 Å². The molecule has 0 saturated heterocycles. The average molecular weight is 401 g/mol. The van der Waals surface area contributed by atoms with Crippen LogP contribution in [0.3, 0.4) is 0 Å². The molecule has 1 atom stereocenters. The maximum absolute atomic E-state index is 12.4. The Morgan fingerprint density at radius 2 is 1.62 bits per heavy atom. The Hall–Kier alpha value is -3.73. The van der Waals surface area contributed by atoms with Crippen LogP contribution in [0.15, 0.2) is 54.1 Å². The molecule has 8 heteroatoms. The van der Waals surface area contributed by atoms with Crippen molar-refractivity contribution in [2.24, 2.45) is 0 Å². The van der Waals surface area contributed by atoms with Crippen LogP contribution >= 0.6 is 0 Å². The summed E-state index contributed by atoms with van der Waals surface area (Å²) in [7, 11) is 1.51. The number of Topliss-reactive ketones (excluding diaryl/α,β-unsaturated/α-hetero) is 1. The van der Waals surface area contributed by atoms with Gasteiger partial charge in [0.15, 0.2) is 6.10 Å². The SMILES string of the molecule is COc1ccc(/C=C(\C#N)C(=O)O[C@H](C)C(=O)c2ccc(OC(F)F)cc2)cc1. The van der Waals surface area contributed by atoms with Gasteiger partial charge in [-0.15, -0.1) is 0 Å². The van der Waals surface area contributed by atoms with Crippen LogP contribution in [0, 0.1) is 11.3 Å². The summed E-state index contributed by atoms with van der Waals surface area (Å²) in [5.41, 5.74) is 0.438. The fourth-order valence-corrected chi connectivity index (χ4v) is 2.32. The van der Waals surface area contributed by atoms with Crippen molar-refractivity contribution < 1.29 is 32.6 Å². The summed E-state index contributed by atoms with van der Waals surface area (Å²) in [6.07, 6.45) is 0.145. The minimum atomic E-state index is -2.97. The maximum Gasteiger partial charge on any atom is 0.387 e. The highest BCUT2D eigenvalue weighted by Crippen LogP contribution is 2.18. The van der Waals surface area contributed by atoms with E-state index >= 15 is 0 Å². The molecule has 0 amide bonds. The molecule has 6 nitrogen and oxygen atoms in total. The quantitative estimate of drug-likeness (QED) is 0.287. The summed E-state index contributed by atoms with van der Waals surface area (Å²) in [6.45, 7) is -1.62. The van der Waals surface area contributed by atoms with E-state index < -0.39 is 24.5 Å². The Kier molecular flexibility index (Phi) is 7.43. The molecule has 0 aromatic heterocycles. The van der Waals surface area contributed by atoms with Crippen molar-refractivity contribution in [3.8, 4) is 17.6 Å². The van der Waals surface area contributed by atoms with E-state index in [0.717, 1.165) is 0 Å². The van der Waals surface area contributed by atoms with Crippen molar-refractivity contribution in [3.63, 3.8) is 0 Å². The summed E-state index contributed by atoms with van der Waals surface area (Å²) >= 11 is 0. The lowest BCUT2D eigenvalue weighted by molar-refractivity contribution is -0.141. The van der Waals surface area contributed by atoms with Crippen LogP contribution < -0.4 is 9.47 Å². The molecule has 2 aromatic carbocycles. The molecular formula is C21H17F2NO5. The van der Waals surface area contributed by atoms with E-state index in [9.17, 15) is 23.6 Å². The number of benzene rings is 2. The Labute approximate surface area is 165 Å². The summed E-state index contributed by atoms with van der Waals surface area (Å²) in [5, 5.41) is 9.23. The number of hydrogen-bond acceptors (Lipinski definition) is 6. The molecule has 29 heavy (non-hydrogen) atoms. The molecule has 2 rings (SSSR count). The monoisotopic (exact) mass is 401 g/mol.